The SMILES string of the molecule is CNCCNC(=O)c1ccc([N+](=O)[O-])s1. The average Bonchev–Trinajstić information content (AvgIpc) is 2.66. The first-order valence-corrected chi connectivity index (χ1v) is 5.14. The van der Waals surface area contributed by atoms with Gasteiger partial charge < -0.3 is 10.6 Å². The van der Waals surface area contributed by atoms with Crippen molar-refractivity contribution in [2.75, 3.05) is 20.1 Å². The van der Waals surface area contributed by atoms with E-state index < -0.39 is 4.92 Å². The predicted octanol–water partition coefficient (Wildman–Crippen LogP) is 0.606. The molecule has 1 aromatic rings. The minimum atomic E-state index is -0.505. The highest BCUT2D eigenvalue weighted by molar-refractivity contribution is 7.17. The molecule has 0 aliphatic carbocycles. The van der Waals surface area contributed by atoms with E-state index in [0.29, 0.717) is 18.0 Å². The van der Waals surface area contributed by atoms with Crippen LogP contribution in [-0.4, -0.2) is 31.0 Å². The van der Waals surface area contributed by atoms with Crippen LogP contribution in [0.3, 0.4) is 0 Å². The van der Waals surface area contributed by atoms with Crippen LogP contribution in [0.4, 0.5) is 5.00 Å². The molecule has 6 nitrogen and oxygen atoms in total. The van der Waals surface area contributed by atoms with Gasteiger partial charge in [-0.15, -0.1) is 0 Å². The molecule has 0 aliphatic heterocycles. The molecule has 1 heterocycles. The smallest absolute Gasteiger partial charge is 0.324 e. The second kappa shape index (κ2) is 5.42. The van der Waals surface area contributed by atoms with Crippen molar-refractivity contribution in [3.63, 3.8) is 0 Å². The van der Waals surface area contributed by atoms with Gasteiger partial charge in [0.25, 0.3) is 5.91 Å². The van der Waals surface area contributed by atoms with E-state index in [9.17, 15) is 14.9 Å². The summed E-state index contributed by atoms with van der Waals surface area (Å²) in [7, 11) is 1.78. The summed E-state index contributed by atoms with van der Waals surface area (Å²) in [5, 5.41) is 15.9. The summed E-state index contributed by atoms with van der Waals surface area (Å²) in [4.78, 5) is 21.6. The zero-order valence-corrected chi connectivity index (χ0v) is 8.97. The first kappa shape index (κ1) is 11.6. The Kier molecular flexibility index (Phi) is 4.19. The summed E-state index contributed by atoms with van der Waals surface area (Å²) < 4.78 is 0. The summed E-state index contributed by atoms with van der Waals surface area (Å²) in [5.41, 5.74) is 0. The monoisotopic (exact) mass is 229 g/mol. The van der Waals surface area contributed by atoms with Crippen LogP contribution < -0.4 is 10.6 Å². The van der Waals surface area contributed by atoms with Crippen molar-refractivity contribution in [1.82, 2.24) is 10.6 Å². The Hall–Kier alpha value is -1.47. The van der Waals surface area contributed by atoms with Gasteiger partial charge in [0.05, 0.1) is 9.80 Å². The number of nitro groups is 1. The maximum absolute atomic E-state index is 11.4. The molecule has 15 heavy (non-hydrogen) atoms. The molecule has 0 atom stereocenters. The molecule has 1 amide bonds. The minimum absolute atomic E-state index is 0.0197. The van der Waals surface area contributed by atoms with Gasteiger partial charge >= 0.3 is 5.00 Å². The van der Waals surface area contributed by atoms with Crippen LogP contribution in [0, 0.1) is 10.1 Å². The fourth-order valence-corrected chi connectivity index (χ4v) is 1.67. The summed E-state index contributed by atoms with van der Waals surface area (Å²) in [5.74, 6) is -0.275. The molecule has 1 aromatic heterocycles. The number of amides is 1. The van der Waals surface area contributed by atoms with Crippen molar-refractivity contribution < 1.29 is 9.72 Å². The highest BCUT2D eigenvalue weighted by atomic mass is 32.1. The number of nitrogens with zero attached hydrogens (tertiary/aromatic N) is 1. The number of rotatable bonds is 5. The van der Waals surface area contributed by atoms with Crippen LogP contribution >= 0.6 is 11.3 Å². The van der Waals surface area contributed by atoms with Crippen molar-refractivity contribution in [2.24, 2.45) is 0 Å². The van der Waals surface area contributed by atoms with E-state index in [1.807, 2.05) is 0 Å². The molecule has 7 heteroatoms. The topological polar surface area (TPSA) is 84.3 Å². The van der Waals surface area contributed by atoms with Gasteiger partial charge in [0, 0.05) is 19.2 Å². The third kappa shape index (κ3) is 3.30. The van der Waals surface area contributed by atoms with E-state index >= 15 is 0 Å². The highest BCUT2D eigenvalue weighted by Crippen LogP contribution is 2.23. The molecule has 82 valence electrons. The Morgan fingerprint density at radius 1 is 1.53 bits per heavy atom. The first-order chi connectivity index (χ1) is 7.15. The minimum Gasteiger partial charge on any atom is -0.350 e. The van der Waals surface area contributed by atoms with Crippen LogP contribution in [-0.2, 0) is 0 Å². The number of hydrogen-bond donors (Lipinski definition) is 2. The standard InChI is InChI=1S/C8H11N3O3S/c1-9-4-5-10-8(12)6-2-3-7(15-6)11(13)14/h2-3,9H,4-5H2,1H3,(H,10,12). The van der Waals surface area contributed by atoms with Gasteiger partial charge in [-0.05, 0) is 13.1 Å². The van der Waals surface area contributed by atoms with Crippen LogP contribution in [0.25, 0.3) is 0 Å². The molecule has 0 fully saturated rings. The maximum atomic E-state index is 11.4. The molecule has 2 N–H and O–H groups in total. The Morgan fingerprint density at radius 3 is 2.80 bits per heavy atom. The lowest BCUT2D eigenvalue weighted by Crippen LogP contribution is -2.29. The molecule has 0 unspecified atom stereocenters. The second-order valence-corrected chi connectivity index (χ2v) is 3.82. The van der Waals surface area contributed by atoms with E-state index in [4.69, 9.17) is 0 Å². The van der Waals surface area contributed by atoms with Crippen LogP contribution in [0.5, 0.6) is 0 Å². The molecule has 0 saturated carbocycles. The summed E-state index contributed by atoms with van der Waals surface area (Å²) >= 11 is 0.876. The number of hydrogen-bond acceptors (Lipinski definition) is 5. The fraction of sp³-hybridized carbons (Fsp3) is 0.375. The van der Waals surface area contributed by atoms with Crippen molar-refractivity contribution in [3.8, 4) is 0 Å². The lowest BCUT2D eigenvalue weighted by Gasteiger charge is -2.01. The maximum Gasteiger partial charge on any atom is 0.324 e. The molecule has 0 aromatic carbocycles. The van der Waals surface area contributed by atoms with Gasteiger partial charge in [0.2, 0.25) is 0 Å². The Morgan fingerprint density at radius 2 is 2.27 bits per heavy atom. The summed E-state index contributed by atoms with van der Waals surface area (Å²) in [6.07, 6.45) is 0. The van der Waals surface area contributed by atoms with E-state index in [-0.39, 0.29) is 10.9 Å². The summed E-state index contributed by atoms with van der Waals surface area (Å²) in [6.45, 7) is 1.17. The third-order valence-corrected chi connectivity index (χ3v) is 2.69. The molecular weight excluding hydrogens is 218 g/mol. The fourth-order valence-electron chi connectivity index (χ4n) is 0.936. The quantitative estimate of drug-likeness (QED) is 0.440. The number of carbonyl (C=O) groups is 1. The molecule has 0 spiro atoms. The van der Waals surface area contributed by atoms with Gasteiger partial charge in [0.1, 0.15) is 0 Å². The lowest BCUT2D eigenvalue weighted by atomic mass is 10.4. The number of nitrogens with one attached hydrogen (secondary N) is 2. The van der Waals surface area contributed by atoms with E-state index in [1.54, 1.807) is 7.05 Å². The van der Waals surface area contributed by atoms with Gasteiger partial charge in [-0.1, -0.05) is 11.3 Å². The van der Waals surface area contributed by atoms with E-state index in [1.165, 1.54) is 12.1 Å². The zero-order chi connectivity index (χ0) is 11.3. The molecule has 0 bridgehead atoms. The van der Waals surface area contributed by atoms with Gasteiger partial charge in [0.15, 0.2) is 0 Å². The lowest BCUT2D eigenvalue weighted by molar-refractivity contribution is -0.380. The number of carbonyl (C=O) groups excluding carboxylic acids is 1. The van der Waals surface area contributed by atoms with Crippen molar-refractivity contribution in [2.45, 2.75) is 0 Å². The normalized spacial score (nSPS) is 9.93. The van der Waals surface area contributed by atoms with Crippen molar-refractivity contribution in [1.29, 1.82) is 0 Å². The Balaban J connectivity index is 2.54. The summed E-state index contributed by atoms with van der Waals surface area (Å²) in [6, 6.07) is 2.79. The molecule has 0 radical (unpaired) electrons. The van der Waals surface area contributed by atoms with Gasteiger partial charge in [-0.25, -0.2) is 0 Å². The third-order valence-electron chi connectivity index (χ3n) is 1.66. The molecule has 1 rings (SSSR count). The van der Waals surface area contributed by atoms with Crippen LogP contribution in [0.2, 0.25) is 0 Å². The van der Waals surface area contributed by atoms with Crippen LogP contribution in [0.1, 0.15) is 9.67 Å². The van der Waals surface area contributed by atoms with E-state index in [2.05, 4.69) is 10.6 Å². The Labute approximate surface area is 90.4 Å². The molecular formula is C8H11N3O3S. The van der Waals surface area contributed by atoms with Gasteiger partial charge in [-0.2, -0.15) is 0 Å². The molecule has 0 aliphatic rings. The first-order valence-electron chi connectivity index (χ1n) is 4.32. The Bertz CT molecular complexity index is 364. The van der Waals surface area contributed by atoms with E-state index in [0.717, 1.165) is 11.3 Å². The van der Waals surface area contributed by atoms with Crippen molar-refractivity contribution >= 4 is 22.2 Å². The van der Waals surface area contributed by atoms with Crippen molar-refractivity contribution in [3.05, 3.63) is 27.1 Å². The second-order valence-electron chi connectivity index (χ2n) is 2.75. The molecule has 0 saturated heterocycles. The number of thiophene rings is 1. The van der Waals surface area contributed by atoms with Gasteiger partial charge in [-0.3, -0.25) is 14.9 Å². The largest absolute Gasteiger partial charge is 0.350 e. The zero-order valence-electron chi connectivity index (χ0n) is 8.15. The number of likely N-dealkylation sites (N-methyl/N-ethyl adjacent to an activating group) is 1. The predicted molar refractivity (Wildman–Crippen MR) is 57.2 cm³/mol. The highest BCUT2D eigenvalue weighted by Gasteiger charge is 2.14. The average molecular weight is 229 g/mol. The van der Waals surface area contributed by atoms with Crippen LogP contribution in [0.15, 0.2) is 12.1 Å².